The van der Waals surface area contributed by atoms with Gasteiger partial charge in [0.1, 0.15) is 12.3 Å². The van der Waals surface area contributed by atoms with Crippen LogP contribution in [-0.4, -0.2) is 35.5 Å². The molecule has 19 heavy (non-hydrogen) atoms. The first-order valence-electron chi connectivity index (χ1n) is 5.31. The molecule has 100 valence electrons. The van der Waals surface area contributed by atoms with Gasteiger partial charge in [-0.15, -0.1) is 0 Å². The summed E-state index contributed by atoms with van der Waals surface area (Å²) in [6.07, 6.45) is -0.816. The minimum Gasteiger partial charge on any atom is -0.342 e. The van der Waals surface area contributed by atoms with Gasteiger partial charge in [0.2, 0.25) is 0 Å². The SMILES string of the molecule is O=C(NCC(F)(F)F)C1=NC(c2cccnc2)N=C1. The predicted molar refractivity (Wildman–Crippen MR) is 62.0 cm³/mol. The Kier molecular flexibility index (Phi) is 3.59. The first-order chi connectivity index (χ1) is 8.96. The molecule has 0 aromatic carbocycles. The Bertz CT molecular complexity index is 524. The highest BCUT2D eigenvalue weighted by Gasteiger charge is 2.29. The molecule has 0 fully saturated rings. The van der Waals surface area contributed by atoms with Crippen molar-refractivity contribution in [3.8, 4) is 0 Å². The van der Waals surface area contributed by atoms with Crippen molar-refractivity contribution in [2.45, 2.75) is 12.3 Å². The zero-order chi connectivity index (χ0) is 13.9. The average molecular weight is 270 g/mol. The fourth-order valence-corrected chi connectivity index (χ4v) is 1.42. The third-order valence-corrected chi connectivity index (χ3v) is 2.26. The van der Waals surface area contributed by atoms with Gasteiger partial charge >= 0.3 is 6.18 Å². The van der Waals surface area contributed by atoms with Gasteiger partial charge in [0.05, 0.1) is 6.21 Å². The second-order valence-electron chi connectivity index (χ2n) is 3.75. The van der Waals surface area contributed by atoms with E-state index in [1.54, 1.807) is 23.6 Å². The van der Waals surface area contributed by atoms with Crippen LogP contribution in [0.2, 0.25) is 0 Å². The molecular weight excluding hydrogens is 261 g/mol. The van der Waals surface area contributed by atoms with Crippen molar-refractivity contribution < 1.29 is 18.0 Å². The highest BCUT2D eigenvalue weighted by Crippen LogP contribution is 2.20. The summed E-state index contributed by atoms with van der Waals surface area (Å²) in [5.41, 5.74) is 0.537. The molecule has 0 bridgehead atoms. The maximum absolute atomic E-state index is 11.9. The largest absolute Gasteiger partial charge is 0.405 e. The fraction of sp³-hybridized carbons (Fsp3) is 0.273. The Balaban J connectivity index is 2.00. The Labute approximate surface area is 106 Å². The molecule has 1 aliphatic rings. The van der Waals surface area contributed by atoms with Crippen LogP contribution in [0.25, 0.3) is 0 Å². The van der Waals surface area contributed by atoms with Crippen molar-refractivity contribution in [1.29, 1.82) is 0 Å². The number of amides is 1. The van der Waals surface area contributed by atoms with E-state index >= 15 is 0 Å². The van der Waals surface area contributed by atoms with E-state index in [1.807, 2.05) is 0 Å². The van der Waals surface area contributed by atoms with Crippen LogP contribution in [-0.2, 0) is 4.79 Å². The molecule has 0 radical (unpaired) electrons. The summed E-state index contributed by atoms with van der Waals surface area (Å²) in [5, 5.41) is 1.73. The van der Waals surface area contributed by atoms with Crippen molar-refractivity contribution in [3.05, 3.63) is 30.1 Å². The summed E-state index contributed by atoms with van der Waals surface area (Å²) < 4.78 is 35.8. The number of aliphatic imine (C=N–C) groups is 2. The molecule has 1 aromatic rings. The molecule has 1 N–H and O–H groups in total. The molecule has 1 aliphatic heterocycles. The van der Waals surface area contributed by atoms with Crippen molar-refractivity contribution >= 4 is 17.8 Å². The maximum Gasteiger partial charge on any atom is 0.405 e. The summed E-state index contributed by atoms with van der Waals surface area (Å²) in [7, 11) is 0. The number of nitrogens with zero attached hydrogens (tertiary/aromatic N) is 3. The zero-order valence-electron chi connectivity index (χ0n) is 9.55. The quantitative estimate of drug-likeness (QED) is 0.899. The van der Waals surface area contributed by atoms with Gasteiger partial charge in [0, 0.05) is 18.0 Å². The van der Waals surface area contributed by atoms with E-state index in [1.165, 1.54) is 6.20 Å². The summed E-state index contributed by atoms with van der Waals surface area (Å²) in [6.45, 7) is -1.39. The molecule has 8 heteroatoms. The first kappa shape index (κ1) is 13.2. The van der Waals surface area contributed by atoms with Crippen LogP contribution in [0.4, 0.5) is 13.2 Å². The van der Waals surface area contributed by atoms with E-state index in [0.717, 1.165) is 6.21 Å². The zero-order valence-corrected chi connectivity index (χ0v) is 9.55. The van der Waals surface area contributed by atoms with E-state index in [9.17, 15) is 18.0 Å². The minimum atomic E-state index is -4.45. The molecule has 0 saturated heterocycles. The number of rotatable bonds is 3. The number of hydrogen-bond donors (Lipinski definition) is 1. The van der Waals surface area contributed by atoms with Crippen molar-refractivity contribution in [3.63, 3.8) is 0 Å². The molecular formula is C11H9F3N4O. The number of carbonyl (C=O) groups is 1. The minimum absolute atomic E-state index is 0.127. The van der Waals surface area contributed by atoms with Crippen molar-refractivity contribution in [2.75, 3.05) is 6.54 Å². The lowest BCUT2D eigenvalue weighted by molar-refractivity contribution is -0.134. The van der Waals surface area contributed by atoms with Gasteiger partial charge in [-0.25, -0.2) is 4.99 Å². The van der Waals surface area contributed by atoms with Gasteiger partial charge in [-0.05, 0) is 6.07 Å². The maximum atomic E-state index is 11.9. The Morgan fingerprint density at radius 3 is 2.84 bits per heavy atom. The van der Waals surface area contributed by atoms with Crippen LogP contribution >= 0.6 is 0 Å². The van der Waals surface area contributed by atoms with Crippen LogP contribution in [0.5, 0.6) is 0 Å². The lowest BCUT2D eigenvalue weighted by Crippen LogP contribution is -2.38. The van der Waals surface area contributed by atoms with Crippen molar-refractivity contribution in [2.24, 2.45) is 9.98 Å². The van der Waals surface area contributed by atoms with E-state index in [-0.39, 0.29) is 5.71 Å². The highest BCUT2D eigenvalue weighted by atomic mass is 19.4. The second kappa shape index (κ2) is 5.17. The molecule has 2 heterocycles. The van der Waals surface area contributed by atoms with Crippen molar-refractivity contribution in [1.82, 2.24) is 10.3 Å². The van der Waals surface area contributed by atoms with E-state index in [4.69, 9.17) is 0 Å². The third kappa shape index (κ3) is 3.60. The normalized spacial score (nSPS) is 18.3. The topological polar surface area (TPSA) is 66.7 Å². The van der Waals surface area contributed by atoms with Gasteiger partial charge in [0.15, 0.2) is 6.17 Å². The third-order valence-electron chi connectivity index (χ3n) is 2.26. The Morgan fingerprint density at radius 2 is 2.21 bits per heavy atom. The van der Waals surface area contributed by atoms with Gasteiger partial charge in [-0.3, -0.25) is 14.8 Å². The van der Waals surface area contributed by atoms with Gasteiger partial charge < -0.3 is 5.32 Å². The molecule has 1 amide bonds. The second-order valence-corrected chi connectivity index (χ2v) is 3.75. The molecule has 0 saturated carbocycles. The summed E-state index contributed by atoms with van der Waals surface area (Å²) in [5.74, 6) is -0.896. The first-order valence-corrected chi connectivity index (χ1v) is 5.31. The predicted octanol–water partition coefficient (Wildman–Crippen LogP) is 1.28. The van der Waals surface area contributed by atoms with E-state index in [2.05, 4.69) is 15.0 Å². The summed E-state index contributed by atoms with van der Waals surface area (Å²) >= 11 is 0. The lowest BCUT2D eigenvalue weighted by atomic mass is 10.2. The number of nitrogens with one attached hydrogen (secondary N) is 1. The molecule has 5 nitrogen and oxygen atoms in total. The number of pyridine rings is 1. The van der Waals surface area contributed by atoms with Gasteiger partial charge in [0.25, 0.3) is 5.91 Å². The smallest absolute Gasteiger partial charge is 0.342 e. The number of carbonyl (C=O) groups excluding carboxylic acids is 1. The fourth-order valence-electron chi connectivity index (χ4n) is 1.42. The lowest BCUT2D eigenvalue weighted by Gasteiger charge is -2.07. The van der Waals surface area contributed by atoms with Crippen LogP contribution in [0.3, 0.4) is 0 Å². The van der Waals surface area contributed by atoms with E-state index < -0.39 is 24.8 Å². The number of alkyl halides is 3. The van der Waals surface area contributed by atoms with Crippen LogP contribution < -0.4 is 5.32 Å². The molecule has 0 aliphatic carbocycles. The van der Waals surface area contributed by atoms with Crippen LogP contribution in [0.15, 0.2) is 34.5 Å². The monoisotopic (exact) mass is 270 g/mol. The number of aromatic nitrogens is 1. The van der Waals surface area contributed by atoms with Crippen LogP contribution in [0, 0.1) is 0 Å². The molecule has 2 rings (SSSR count). The Morgan fingerprint density at radius 1 is 1.42 bits per heavy atom. The molecule has 0 spiro atoms. The number of halogens is 3. The Hall–Kier alpha value is -2.25. The summed E-state index contributed by atoms with van der Waals surface area (Å²) in [6, 6.07) is 3.40. The molecule has 1 aromatic heterocycles. The number of hydrogen-bond acceptors (Lipinski definition) is 4. The van der Waals surface area contributed by atoms with Gasteiger partial charge in [-0.1, -0.05) is 6.07 Å². The van der Waals surface area contributed by atoms with E-state index in [0.29, 0.717) is 5.56 Å². The van der Waals surface area contributed by atoms with Gasteiger partial charge in [-0.2, -0.15) is 13.2 Å². The highest BCUT2D eigenvalue weighted by molar-refractivity contribution is 6.61. The standard InChI is InChI=1S/C11H9F3N4O/c12-11(13,14)6-17-10(19)8-5-16-9(18-8)7-2-1-3-15-4-7/h1-5,9H,6H2,(H,17,19). The van der Waals surface area contributed by atoms with Crippen LogP contribution in [0.1, 0.15) is 11.7 Å². The average Bonchev–Trinajstić information content (AvgIpc) is 2.86. The molecule has 1 atom stereocenters. The molecule has 1 unspecified atom stereocenters. The summed E-state index contributed by atoms with van der Waals surface area (Å²) in [4.78, 5) is 23.2.